The van der Waals surface area contributed by atoms with Crippen LogP contribution >= 0.6 is 11.6 Å². The highest BCUT2D eigenvalue weighted by atomic mass is 35.5. The Bertz CT molecular complexity index is 1130. The largest absolute Gasteiger partial charge is 0.369 e. The van der Waals surface area contributed by atoms with Gasteiger partial charge in [0.05, 0.1) is 16.7 Å². The second-order valence-corrected chi connectivity index (χ2v) is 12.7. The molecule has 0 spiro atoms. The van der Waals surface area contributed by atoms with E-state index >= 15 is 0 Å². The molecule has 4 fully saturated rings. The molecule has 2 amide bonds. The lowest BCUT2D eigenvalue weighted by Gasteiger charge is -2.58. The van der Waals surface area contributed by atoms with Crippen molar-refractivity contribution < 1.29 is 18.0 Å². The molecule has 2 unspecified atom stereocenters. The zero-order valence-corrected chi connectivity index (χ0v) is 20.3. The Kier molecular flexibility index (Phi) is 6.00. The summed E-state index contributed by atoms with van der Waals surface area (Å²) >= 11 is 6.08. The van der Waals surface area contributed by atoms with E-state index in [1.54, 1.807) is 13.8 Å². The summed E-state index contributed by atoms with van der Waals surface area (Å²) in [4.78, 5) is 24.9. The molecule has 0 radical (unpaired) electrons. The van der Waals surface area contributed by atoms with Crippen LogP contribution in [0.4, 0.5) is 0 Å². The van der Waals surface area contributed by atoms with Crippen LogP contribution in [0.25, 0.3) is 0 Å². The van der Waals surface area contributed by atoms with Crippen molar-refractivity contribution in [2.75, 3.05) is 0 Å². The minimum Gasteiger partial charge on any atom is -0.369 e. The number of amides is 2. The van der Waals surface area contributed by atoms with Gasteiger partial charge in [0.2, 0.25) is 21.8 Å². The molecule has 5 rings (SSSR count). The van der Waals surface area contributed by atoms with Crippen molar-refractivity contribution >= 4 is 33.4 Å². The van der Waals surface area contributed by atoms with Gasteiger partial charge < -0.3 is 11.1 Å². The van der Waals surface area contributed by atoms with Crippen LogP contribution in [0.2, 0.25) is 5.02 Å². The number of nitrogens with zero attached hydrogens (tertiary/aromatic N) is 1. The normalized spacial score (nSPS) is 30.6. The van der Waals surface area contributed by atoms with Gasteiger partial charge >= 0.3 is 0 Å². The van der Waals surface area contributed by atoms with Crippen molar-refractivity contribution in [3.8, 4) is 6.07 Å². The van der Waals surface area contributed by atoms with Crippen molar-refractivity contribution in [3.05, 3.63) is 28.8 Å². The minimum absolute atomic E-state index is 0.0121. The van der Waals surface area contributed by atoms with Crippen LogP contribution in [0, 0.1) is 34.5 Å². The Hall–Kier alpha value is -2.15. The van der Waals surface area contributed by atoms with E-state index in [1.165, 1.54) is 18.2 Å². The van der Waals surface area contributed by atoms with Gasteiger partial charge in [-0.2, -0.15) is 5.26 Å². The predicted molar refractivity (Wildman–Crippen MR) is 122 cm³/mol. The van der Waals surface area contributed by atoms with Crippen LogP contribution in [0.5, 0.6) is 0 Å². The maximum atomic E-state index is 12.9. The van der Waals surface area contributed by atoms with Crippen LogP contribution in [-0.4, -0.2) is 31.8 Å². The van der Waals surface area contributed by atoms with Crippen molar-refractivity contribution in [1.82, 2.24) is 10.0 Å². The number of primary amides is 1. The smallest absolute Gasteiger partial charge is 0.242 e. The SMILES string of the molecule is CC(C)(CC(=O)NC1C2CC3CC1CC(C(N)=O)(C3)C2)NS(=O)(=O)c1ccc(C#N)cc1Cl. The monoisotopic (exact) mass is 492 g/mol. The second kappa shape index (κ2) is 8.26. The number of benzene rings is 1. The fraction of sp³-hybridized carbons (Fsp3) is 0.609. The Balaban J connectivity index is 1.41. The van der Waals surface area contributed by atoms with E-state index in [2.05, 4.69) is 10.0 Å². The molecule has 4 N–H and O–H groups in total. The van der Waals surface area contributed by atoms with Gasteiger partial charge in [0, 0.05) is 23.4 Å². The number of nitriles is 1. The molecule has 8 nitrogen and oxygen atoms in total. The topological polar surface area (TPSA) is 142 Å². The van der Waals surface area contributed by atoms with E-state index in [9.17, 15) is 18.0 Å². The van der Waals surface area contributed by atoms with E-state index < -0.39 is 21.0 Å². The highest BCUT2D eigenvalue weighted by Gasteiger charge is 2.58. The number of nitrogens with two attached hydrogens (primary N) is 1. The zero-order chi connectivity index (χ0) is 24.2. The Morgan fingerprint density at radius 1 is 1.24 bits per heavy atom. The van der Waals surface area contributed by atoms with E-state index in [0.29, 0.717) is 18.8 Å². The average Bonchev–Trinajstić information content (AvgIpc) is 2.68. The highest BCUT2D eigenvalue weighted by Crippen LogP contribution is 2.59. The summed E-state index contributed by atoms with van der Waals surface area (Å²) in [6, 6.07) is 5.85. The van der Waals surface area contributed by atoms with Gasteiger partial charge in [-0.3, -0.25) is 9.59 Å². The molecule has 0 aromatic heterocycles. The summed E-state index contributed by atoms with van der Waals surface area (Å²) in [5, 5.41) is 12.0. The minimum atomic E-state index is -4.01. The number of hydrogen-bond acceptors (Lipinski definition) is 5. The Labute approximate surface area is 199 Å². The lowest BCUT2D eigenvalue weighted by Crippen LogP contribution is -2.62. The average molecular weight is 493 g/mol. The molecule has 4 aliphatic rings. The first-order valence-electron chi connectivity index (χ1n) is 11.2. The number of sulfonamides is 1. The summed E-state index contributed by atoms with van der Waals surface area (Å²) in [5.41, 5.74) is 4.50. The number of hydrogen-bond donors (Lipinski definition) is 3. The van der Waals surface area contributed by atoms with Crippen molar-refractivity contribution in [3.63, 3.8) is 0 Å². The fourth-order valence-electron chi connectivity index (χ4n) is 6.44. The Morgan fingerprint density at radius 3 is 2.42 bits per heavy atom. The molecule has 10 heteroatoms. The van der Waals surface area contributed by atoms with Crippen molar-refractivity contribution in [2.45, 2.75) is 68.8 Å². The number of carbonyl (C=O) groups is 2. The molecule has 4 bridgehead atoms. The molecular weight excluding hydrogens is 464 g/mol. The fourth-order valence-corrected chi connectivity index (χ4v) is 8.40. The van der Waals surface area contributed by atoms with E-state index in [-0.39, 0.29) is 51.6 Å². The number of nitrogens with one attached hydrogen (secondary N) is 2. The quantitative estimate of drug-likeness (QED) is 0.535. The van der Waals surface area contributed by atoms with Gasteiger partial charge in [-0.05, 0) is 81.9 Å². The summed E-state index contributed by atoms with van der Waals surface area (Å²) in [6.07, 6.45) is 4.22. The molecular formula is C23H29ClN4O4S. The van der Waals surface area contributed by atoms with Crippen LogP contribution < -0.4 is 15.8 Å². The Morgan fingerprint density at radius 2 is 1.88 bits per heavy atom. The molecule has 33 heavy (non-hydrogen) atoms. The molecule has 4 aliphatic carbocycles. The molecule has 1 aromatic carbocycles. The second-order valence-electron chi connectivity index (χ2n) is 10.6. The first-order chi connectivity index (χ1) is 15.3. The molecule has 1 aromatic rings. The summed E-state index contributed by atoms with van der Waals surface area (Å²) in [7, 11) is -4.01. The molecule has 4 saturated carbocycles. The van der Waals surface area contributed by atoms with Gasteiger partial charge in [0.15, 0.2) is 0 Å². The van der Waals surface area contributed by atoms with Gasteiger partial charge in [0.1, 0.15) is 4.90 Å². The third-order valence-electron chi connectivity index (χ3n) is 7.49. The summed E-state index contributed by atoms with van der Waals surface area (Å²) in [6.45, 7) is 3.28. The number of carbonyl (C=O) groups excluding carboxylic acids is 2. The molecule has 178 valence electrons. The molecule has 0 aliphatic heterocycles. The summed E-state index contributed by atoms with van der Waals surface area (Å²) < 4.78 is 28.3. The highest BCUT2D eigenvalue weighted by molar-refractivity contribution is 7.89. The van der Waals surface area contributed by atoms with E-state index in [4.69, 9.17) is 22.6 Å². The lowest BCUT2D eigenvalue weighted by molar-refractivity contribution is -0.147. The maximum Gasteiger partial charge on any atom is 0.242 e. The molecule has 0 heterocycles. The predicted octanol–water partition coefficient (Wildman–Crippen LogP) is 2.46. The lowest BCUT2D eigenvalue weighted by atomic mass is 9.47. The van der Waals surface area contributed by atoms with E-state index in [1.807, 2.05) is 6.07 Å². The van der Waals surface area contributed by atoms with Crippen LogP contribution in [0.15, 0.2) is 23.1 Å². The number of halogens is 1. The van der Waals surface area contributed by atoms with Crippen molar-refractivity contribution in [2.24, 2.45) is 28.9 Å². The van der Waals surface area contributed by atoms with Crippen molar-refractivity contribution in [1.29, 1.82) is 5.26 Å². The van der Waals surface area contributed by atoms with Gasteiger partial charge in [-0.1, -0.05) is 11.6 Å². The third-order valence-corrected chi connectivity index (χ3v) is 9.67. The molecule has 2 atom stereocenters. The standard InChI is InChI=1S/C23H29ClN4O4S/c1-22(2,28-33(31,32)18-4-3-13(12-25)7-17(18)24)11-19(29)27-20-15-5-14-6-16(20)10-23(8-14,9-15)21(26)30/h3-4,7,14-16,20,28H,5-6,8-11H2,1-2H3,(H2,26,30)(H,27,29). The first-order valence-corrected chi connectivity index (χ1v) is 13.0. The van der Waals surface area contributed by atoms with Gasteiger partial charge in [0.25, 0.3) is 0 Å². The summed E-state index contributed by atoms with van der Waals surface area (Å²) in [5.74, 6) is 0.487. The zero-order valence-electron chi connectivity index (χ0n) is 18.7. The van der Waals surface area contributed by atoms with Gasteiger partial charge in [-0.15, -0.1) is 0 Å². The third kappa shape index (κ3) is 4.61. The van der Waals surface area contributed by atoms with Gasteiger partial charge in [-0.25, -0.2) is 13.1 Å². The maximum absolute atomic E-state index is 12.9. The van der Waals surface area contributed by atoms with Crippen LogP contribution in [0.1, 0.15) is 57.9 Å². The van der Waals surface area contributed by atoms with Crippen LogP contribution in [-0.2, 0) is 19.6 Å². The van der Waals surface area contributed by atoms with Crippen LogP contribution in [0.3, 0.4) is 0 Å². The number of rotatable bonds is 7. The molecule has 0 saturated heterocycles. The first kappa shape index (κ1) is 24.0. The van der Waals surface area contributed by atoms with E-state index in [0.717, 1.165) is 19.3 Å².